The van der Waals surface area contributed by atoms with E-state index in [1.807, 2.05) is 70.8 Å². The summed E-state index contributed by atoms with van der Waals surface area (Å²) in [5.41, 5.74) is 7.34. The topological polar surface area (TPSA) is 101 Å². The molecule has 1 fully saturated rings. The monoisotopic (exact) mass is 469 g/mol. The summed E-state index contributed by atoms with van der Waals surface area (Å²) in [5, 5.41) is 0. The molecule has 184 valence electrons. The molecule has 9 heteroatoms. The van der Waals surface area contributed by atoms with E-state index in [1.165, 1.54) is 0 Å². The molecule has 3 heterocycles. The predicted molar refractivity (Wildman–Crippen MR) is 132 cm³/mol. The maximum Gasteiger partial charge on any atom is 0.410 e. The van der Waals surface area contributed by atoms with Crippen LogP contribution < -0.4 is 15.4 Å². The van der Waals surface area contributed by atoms with Crippen LogP contribution in [-0.4, -0.2) is 65.6 Å². The molecular weight excluding hydrogens is 434 g/mol. The number of carbonyl (C=O) groups is 2. The minimum atomic E-state index is -0.549. The van der Waals surface area contributed by atoms with Crippen molar-refractivity contribution < 1.29 is 19.1 Å². The van der Waals surface area contributed by atoms with E-state index in [-0.39, 0.29) is 12.0 Å². The average molecular weight is 470 g/mol. The van der Waals surface area contributed by atoms with Crippen LogP contribution in [0.3, 0.4) is 0 Å². The largest absolute Gasteiger partial charge is 0.462 e. The zero-order valence-corrected chi connectivity index (χ0v) is 20.9. The third-order valence-corrected chi connectivity index (χ3v) is 5.40. The number of hydrogen-bond acceptors (Lipinski definition) is 7. The Balaban J connectivity index is 0.00000158. The first kappa shape index (κ1) is 25.1. The van der Waals surface area contributed by atoms with Crippen LogP contribution in [-0.2, 0) is 4.74 Å². The van der Waals surface area contributed by atoms with Crippen LogP contribution in [0.1, 0.15) is 56.8 Å². The summed E-state index contributed by atoms with van der Waals surface area (Å²) < 4.78 is 11.5. The molecular formula is C25H35N5O4. The summed E-state index contributed by atoms with van der Waals surface area (Å²) >= 11 is 0. The molecule has 1 unspecified atom stereocenters. The van der Waals surface area contributed by atoms with E-state index >= 15 is 0 Å². The Morgan fingerprint density at radius 3 is 2.35 bits per heavy atom. The molecule has 2 amide bonds. The van der Waals surface area contributed by atoms with Gasteiger partial charge in [0.2, 0.25) is 0 Å². The van der Waals surface area contributed by atoms with Gasteiger partial charge in [0.05, 0.1) is 0 Å². The first-order valence-electron chi connectivity index (χ1n) is 11.6. The molecule has 0 saturated carbocycles. The minimum Gasteiger partial charge on any atom is -0.462 e. The Hall–Kier alpha value is -3.49. The number of nitrogens with zero attached hydrogens (tertiary/aromatic N) is 4. The van der Waals surface area contributed by atoms with Crippen LogP contribution >= 0.6 is 0 Å². The number of benzene rings is 1. The standard InChI is InChI=1S/C23H29N5O4.C2H6/c1-23(2,3)32-22(30)28-10-8-27(9-11-28)20(29)15-12-16(14-17(24)13-15)21-26(4)19-18(31-21)6-5-7-25-19;1-2/h5-7,12-14,21H,8-11,24H2,1-4H3;1-2H3. The molecule has 2 aliphatic rings. The van der Waals surface area contributed by atoms with Crippen molar-refractivity contribution in [2.24, 2.45) is 0 Å². The molecule has 4 rings (SSSR count). The molecule has 1 aromatic carbocycles. The summed E-state index contributed by atoms with van der Waals surface area (Å²) in [7, 11) is 1.89. The molecule has 0 bridgehead atoms. The third-order valence-electron chi connectivity index (χ3n) is 5.40. The van der Waals surface area contributed by atoms with Gasteiger partial charge in [-0.1, -0.05) is 13.8 Å². The second kappa shape index (κ2) is 10.2. The van der Waals surface area contributed by atoms with E-state index in [2.05, 4.69) is 4.98 Å². The lowest BCUT2D eigenvalue weighted by atomic mass is 10.1. The number of amides is 2. The molecule has 9 nitrogen and oxygen atoms in total. The van der Waals surface area contributed by atoms with Crippen molar-refractivity contribution in [3.05, 3.63) is 47.7 Å². The van der Waals surface area contributed by atoms with E-state index in [0.717, 1.165) is 11.4 Å². The molecule has 34 heavy (non-hydrogen) atoms. The number of ether oxygens (including phenoxy) is 2. The second-order valence-electron chi connectivity index (χ2n) is 9.05. The van der Waals surface area contributed by atoms with Crippen LogP contribution in [0.2, 0.25) is 0 Å². The molecule has 2 aromatic rings. The van der Waals surface area contributed by atoms with E-state index in [0.29, 0.717) is 43.2 Å². The van der Waals surface area contributed by atoms with Gasteiger partial charge in [-0.3, -0.25) is 4.79 Å². The van der Waals surface area contributed by atoms with Gasteiger partial charge in [0, 0.05) is 56.2 Å². The van der Waals surface area contributed by atoms with Crippen LogP contribution in [0.15, 0.2) is 36.5 Å². The fourth-order valence-electron chi connectivity index (χ4n) is 3.88. The Labute approximate surface area is 201 Å². The Kier molecular flexibility index (Phi) is 7.54. The SMILES string of the molecule is CC.CN1c2ncccc2OC1c1cc(N)cc(C(=O)N2CCN(C(=O)OC(C)(C)C)CC2)c1. The number of piperazine rings is 1. The highest BCUT2D eigenvalue weighted by Gasteiger charge is 2.32. The zero-order chi connectivity index (χ0) is 25.0. The molecule has 2 N–H and O–H groups in total. The van der Waals surface area contributed by atoms with Crippen molar-refractivity contribution in [1.29, 1.82) is 0 Å². The van der Waals surface area contributed by atoms with E-state index in [9.17, 15) is 9.59 Å². The van der Waals surface area contributed by atoms with Crippen molar-refractivity contribution in [2.45, 2.75) is 46.4 Å². The van der Waals surface area contributed by atoms with Crippen molar-refractivity contribution in [3.8, 4) is 5.75 Å². The molecule has 0 aliphatic carbocycles. The maximum atomic E-state index is 13.2. The summed E-state index contributed by atoms with van der Waals surface area (Å²) in [5.74, 6) is 1.30. The number of anilines is 2. The normalized spacial score (nSPS) is 17.4. The highest BCUT2D eigenvalue weighted by molar-refractivity contribution is 5.95. The summed E-state index contributed by atoms with van der Waals surface area (Å²) in [6.45, 7) is 11.2. The van der Waals surface area contributed by atoms with Crippen LogP contribution in [0.4, 0.5) is 16.3 Å². The maximum absolute atomic E-state index is 13.2. The van der Waals surface area contributed by atoms with Crippen molar-refractivity contribution >= 4 is 23.5 Å². The van der Waals surface area contributed by atoms with Crippen molar-refractivity contribution in [2.75, 3.05) is 43.9 Å². The number of fused-ring (bicyclic) bond motifs is 1. The van der Waals surface area contributed by atoms with Crippen molar-refractivity contribution in [1.82, 2.24) is 14.8 Å². The van der Waals surface area contributed by atoms with Gasteiger partial charge in [0.25, 0.3) is 5.91 Å². The molecule has 0 radical (unpaired) electrons. The quantitative estimate of drug-likeness (QED) is 0.666. The van der Waals surface area contributed by atoms with E-state index in [1.54, 1.807) is 22.1 Å². The number of nitrogen functional groups attached to an aromatic ring is 1. The first-order valence-corrected chi connectivity index (χ1v) is 11.6. The van der Waals surface area contributed by atoms with Crippen LogP contribution in [0.25, 0.3) is 0 Å². The fraction of sp³-hybridized carbons (Fsp3) is 0.480. The van der Waals surface area contributed by atoms with Gasteiger partial charge in [-0.15, -0.1) is 0 Å². The molecule has 1 saturated heterocycles. The molecule has 1 atom stereocenters. The van der Waals surface area contributed by atoms with Crippen LogP contribution in [0, 0.1) is 0 Å². The van der Waals surface area contributed by atoms with Gasteiger partial charge in [-0.2, -0.15) is 0 Å². The van der Waals surface area contributed by atoms with Gasteiger partial charge in [-0.05, 0) is 51.1 Å². The highest BCUT2D eigenvalue weighted by atomic mass is 16.6. The van der Waals surface area contributed by atoms with E-state index in [4.69, 9.17) is 15.2 Å². The summed E-state index contributed by atoms with van der Waals surface area (Å²) in [6, 6.07) is 8.98. The zero-order valence-electron chi connectivity index (χ0n) is 20.9. The predicted octanol–water partition coefficient (Wildman–Crippen LogP) is 3.91. The fourth-order valence-corrected chi connectivity index (χ4v) is 3.88. The average Bonchev–Trinajstić information content (AvgIpc) is 3.15. The first-order chi connectivity index (χ1) is 16.1. The Morgan fingerprint density at radius 1 is 1.09 bits per heavy atom. The van der Waals surface area contributed by atoms with Gasteiger partial charge < -0.3 is 29.9 Å². The number of rotatable bonds is 2. The summed E-state index contributed by atoms with van der Waals surface area (Å²) in [4.78, 5) is 35.1. The smallest absolute Gasteiger partial charge is 0.410 e. The van der Waals surface area contributed by atoms with Gasteiger partial charge in [-0.25, -0.2) is 9.78 Å². The Bertz CT molecular complexity index is 1030. The molecule has 0 spiro atoms. The number of carbonyl (C=O) groups excluding carboxylic acids is 2. The van der Waals surface area contributed by atoms with Gasteiger partial charge in [0.15, 0.2) is 17.8 Å². The minimum absolute atomic E-state index is 0.126. The lowest BCUT2D eigenvalue weighted by Crippen LogP contribution is -2.51. The number of nitrogens with two attached hydrogens (primary N) is 1. The third kappa shape index (κ3) is 5.52. The number of hydrogen-bond donors (Lipinski definition) is 1. The van der Waals surface area contributed by atoms with Crippen molar-refractivity contribution in [3.63, 3.8) is 0 Å². The van der Waals surface area contributed by atoms with E-state index < -0.39 is 11.8 Å². The van der Waals surface area contributed by atoms with Gasteiger partial charge >= 0.3 is 6.09 Å². The Morgan fingerprint density at radius 2 is 1.74 bits per heavy atom. The van der Waals surface area contributed by atoms with Crippen LogP contribution in [0.5, 0.6) is 5.75 Å². The molecule has 1 aromatic heterocycles. The molecule has 2 aliphatic heterocycles. The second-order valence-corrected chi connectivity index (χ2v) is 9.05. The lowest BCUT2D eigenvalue weighted by Gasteiger charge is -2.35. The highest BCUT2D eigenvalue weighted by Crippen LogP contribution is 2.40. The summed E-state index contributed by atoms with van der Waals surface area (Å²) in [6.07, 6.45) is 0.941. The van der Waals surface area contributed by atoms with Gasteiger partial charge in [0.1, 0.15) is 5.60 Å². The lowest BCUT2D eigenvalue weighted by molar-refractivity contribution is 0.0141. The number of aromatic nitrogens is 1. The number of pyridine rings is 1.